The van der Waals surface area contributed by atoms with Crippen LogP contribution in [0.5, 0.6) is 11.5 Å². The van der Waals surface area contributed by atoms with Crippen LogP contribution >= 0.6 is 11.8 Å². The van der Waals surface area contributed by atoms with Gasteiger partial charge >= 0.3 is 6.01 Å². The van der Waals surface area contributed by atoms with Crippen molar-refractivity contribution in [3.63, 3.8) is 0 Å². The lowest BCUT2D eigenvalue weighted by Crippen LogP contribution is -2.11. The third-order valence-corrected chi connectivity index (χ3v) is 4.87. The van der Waals surface area contributed by atoms with Crippen molar-refractivity contribution in [1.82, 2.24) is 10.2 Å². The molecule has 7 heteroatoms. The van der Waals surface area contributed by atoms with E-state index < -0.39 is 0 Å². The highest BCUT2D eigenvalue weighted by atomic mass is 32.2. The summed E-state index contributed by atoms with van der Waals surface area (Å²) < 4.78 is 11.3. The minimum atomic E-state index is -0.343. The van der Waals surface area contributed by atoms with Gasteiger partial charge in [0.2, 0.25) is 0 Å². The van der Waals surface area contributed by atoms with Crippen LogP contribution in [0.3, 0.4) is 0 Å². The molecule has 144 valence electrons. The Balaban J connectivity index is 1.44. The van der Waals surface area contributed by atoms with Gasteiger partial charge in [-0.1, -0.05) is 35.4 Å². The standard InChI is InChI=1S/C22H17N3O3S/c1-29-19-10-6-5-9-18(19)21-24-25-22(28-21)23-20(26)15-11-13-17(14-12-15)27-16-7-3-2-4-8-16/h2-14H,1H3,(H,23,25,26). The maximum absolute atomic E-state index is 12.5. The molecule has 0 bridgehead atoms. The second kappa shape index (κ2) is 8.62. The van der Waals surface area contributed by atoms with Gasteiger partial charge in [-0.25, -0.2) is 0 Å². The fraction of sp³-hybridized carbons (Fsp3) is 0.0455. The lowest BCUT2D eigenvalue weighted by Gasteiger charge is -2.06. The Labute approximate surface area is 171 Å². The molecule has 0 aliphatic rings. The number of nitrogens with one attached hydrogen (secondary N) is 1. The van der Waals surface area contributed by atoms with E-state index in [0.717, 1.165) is 16.2 Å². The zero-order valence-corrected chi connectivity index (χ0v) is 16.3. The third kappa shape index (κ3) is 4.47. The number of carbonyl (C=O) groups excluding carboxylic acids is 1. The Hall–Kier alpha value is -3.58. The summed E-state index contributed by atoms with van der Waals surface area (Å²) in [7, 11) is 0. The summed E-state index contributed by atoms with van der Waals surface area (Å²) in [6.07, 6.45) is 1.98. The van der Waals surface area contributed by atoms with Crippen LogP contribution in [0, 0.1) is 0 Å². The number of amides is 1. The third-order valence-electron chi connectivity index (χ3n) is 4.08. The lowest BCUT2D eigenvalue weighted by atomic mass is 10.2. The van der Waals surface area contributed by atoms with E-state index in [1.165, 1.54) is 0 Å². The molecule has 4 aromatic rings. The molecule has 0 saturated heterocycles. The SMILES string of the molecule is CSc1ccccc1-c1nnc(NC(=O)c2ccc(Oc3ccccc3)cc2)o1. The molecule has 0 atom stereocenters. The molecule has 1 aromatic heterocycles. The molecular weight excluding hydrogens is 386 g/mol. The number of rotatable bonds is 6. The molecule has 0 fully saturated rings. The summed E-state index contributed by atoms with van der Waals surface area (Å²) in [6.45, 7) is 0. The highest BCUT2D eigenvalue weighted by Crippen LogP contribution is 2.30. The van der Waals surface area contributed by atoms with Gasteiger partial charge in [-0.3, -0.25) is 10.1 Å². The van der Waals surface area contributed by atoms with Crippen molar-refractivity contribution >= 4 is 23.7 Å². The number of ether oxygens (including phenoxy) is 1. The topological polar surface area (TPSA) is 77.2 Å². The van der Waals surface area contributed by atoms with Gasteiger partial charge in [0, 0.05) is 10.5 Å². The van der Waals surface area contributed by atoms with Crippen molar-refractivity contribution in [3.8, 4) is 23.0 Å². The van der Waals surface area contributed by atoms with Gasteiger partial charge in [-0.2, -0.15) is 0 Å². The van der Waals surface area contributed by atoms with Crippen molar-refractivity contribution < 1.29 is 13.9 Å². The maximum Gasteiger partial charge on any atom is 0.322 e. The van der Waals surface area contributed by atoms with Crippen molar-refractivity contribution in [1.29, 1.82) is 0 Å². The fourth-order valence-corrected chi connectivity index (χ4v) is 3.26. The molecule has 29 heavy (non-hydrogen) atoms. The molecule has 3 aromatic carbocycles. The number of para-hydroxylation sites is 1. The van der Waals surface area contributed by atoms with Crippen LogP contribution in [0.25, 0.3) is 11.5 Å². The Morgan fingerprint density at radius 1 is 0.897 bits per heavy atom. The summed E-state index contributed by atoms with van der Waals surface area (Å²) in [5.74, 6) is 1.39. The molecule has 1 N–H and O–H groups in total. The number of aromatic nitrogens is 2. The molecular formula is C22H17N3O3S. The zero-order chi connectivity index (χ0) is 20.1. The van der Waals surface area contributed by atoms with Crippen molar-refractivity contribution in [2.75, 3.05) is 11.6 Å². The van der Waals surface area contributed by atoms with Crippen molar-refractivity contribution in [2.45, 2.75) is 4.90 Å². The highest BCUT2D eigenvalue weighted by Gasteiger charge is 2.15. The number of anilines is 1. The van der Waals surface area contributed by atoms with E-state index in [-0.39, 0.29) is 11.9 Å². The minimum absolute atomic E-state index is 0.0468. The molecule has 4 rings (SSSR count). The van der Waals surface area contributed by atoms with E-state index in [1.54, 1.807) is 36.0 Å². The average Bonchev–Trinajstić information content (AvgIpc) is 3.23. The summed E-state index contributed by atoms with van der Waals surface area (Å²) >= 11 is 1.59. The van der Waals surface area contributed by atoms with E-state index in [2.05, 4.69) is 15.5 Å². The Morgan fingerprint density at radius 2 is 1.59 bits per heavy atom. The largest absolute Gasteiger partial charge is 0.457 e. The number of hydrogen-bond donors (Lipinski definition) is 1. The smallest absolute Gasteiger partial charge is 0.322 e. The van der Waals surface area contributed by atoms with Crippen LogP contribution < -0.4 is 10.1 Å². The van der Waals surface area contributed by atoms with Crippen LogP contribution in [0.4, 0.5) is 6.01 Å². The second-order valence-corrected chi connectivity index (χ2v) is 6.85. The maximum atomic E-state index is 12.5. The molecule has 0 saturated carbocycles. The lowest BCUT2D eigenvalue weighted by molar-refractivity contribution is 0.102. The van der Waals surface area contributed by atoms with Gasteiger partial charge in [0.25, 0.3) is 11.8 Å². The van der Waals surface area contributed by atoms with Crippen molar-refractivity contribution in [2.24, 2.45) is 0 Å². The molecule has 1 heterocycles. The number of benzene rings is 3. The zero-order valence-electron chi connectivity index (χ0n) is 15.5. The first-order chi connectivity index (χ1) is 14.2. The van der Waals surface area contributed by atoms with Crippen LogP contribution in [-0.2, 0) is 0 Å². The quantitative estimate of drug-likeness (QED) is 0.428. The number of thioether (sulfide) groups is 1. The number of nitrogens with zero attached hydrogens (tertiary/aromatic N) is 2. The molecule has 0 unspecified atom stereocenters. The van der Waals surface area contributed by atoms with Gasteiger partial charge in [0.05, 0.1) is 5.56 Å². The van der Waals surface area contributed by atoms with Gasteiger partial charge in [-0.15, -0.1) is 16.9 Å². The van der Waals surface area contributed by atoms with Crippen LogP contribution in [-0.4, -0.2) is 22.4 Å². The summed E-state index contributed by atoms with van der Waals surface area (Å²) in [5, 5.41) is 10.6. The number of hydrogen-bond acceptors (Lipinski definition) is 6. The van der Waals surface area contributed by atoms with E-state index in [9.17, 15) is 4.79 Å². The molecule has 0 radical (unpaired) electrons. The Morgan fingerprint density at radius 3 is 2.34 bits per heavy atom. The molecule has 1 amide bonds. The van der Waals surface area contributed by atoms with Gasteiger partial charge in [0.1, 0.15) is 11.5 Å². The Bertz CT molecular complexity index is 1110. The second-order valence-electron chi connectivity index (χ2n) is 6.01. The first kappa shape index (κ1) is 18.8. The highest BCUT2D eigenvalue weighted by molar-refractivity contribution is 7.98. The predicted molar refractivity (Wildman–Crippen MR) is 112 cm³/mol. The normalized spacial score (nSPS) is 10.5. The van der Waals surface area contributed by atoms with Gasteiger partial charge in [0.15, 0.2) is 0 Å². The van der Waals surface area contributed by atoms with E-state index in [1.807, 2.05) is 60.9 Å². The van der Waals surface area contributed by atoms with Gasteiger partial charge in [-0.05, 0) is 54.8 Å². The van der Waals surface area contributed by atoms with Crippen LogP contribution in [0.15, 0.2) is 88.2 Å². The average molecular weight is 403 g/mol. The first-order valence-electron chi connectivity index (χ1n) is 8.84. The Kier molecular flexibility index (Phi) is 5.58. The van der Waals surface area contributed by atoms with Crippen molar-refractivity contribution in [3.05, 3.63) is 84.4 Å². The molecule has 0 aliphatic carbocycles. The summed E-state index contributed by atoms with van der Waals surface area (Å²) in [4.78, 5) is 13.5. The monoisotopic (exact) mass is 403 g/mol. The van der Waals surface area contributed by atoms with E-state index in [4.69, 9.17) is 9.15 Å². The van der Waals surface area contributed by atoms with Crippen LogP contribution in [0.1, 0.15) is 10.4 Å². The number of carbonyl (C=O) groups is 1. The van der Waals surface area contributed by atoms with Crippen LogP contribution in [0.2, 0.25) is 0 Å². The summed E-state index contributed by atoms with van der Waals surface area (Å²) in [5.41, 5.74) is 1.28. The van der Waals surface area contributed by atoms with E-state index >= 15 is 0 Å². The minimum Gasteiger partial charge on any atom is -0.457 e. The molecule has 0 spiro atoms. The summed E-state index contributed by atoms with van der Waals surface area (Å²) in [6, 6.07) is 24.0. The van der Waals surface area contributed by atoms with Gasteiger partial charge < -0.3 is 9.15 Å². The fourth-order valence-electron chi connectivity index (χ4n) is 2.67. The first-order valence-corrected chi connectivity index (χ1v) is 10.1. The predicted octanol–water partition coefficient (Wildman–Crippen LogP) is 5.50. The molecule has 6 nitrogen and oxygen atoms in total. The molecule has 0 aliphatic heterocycles. The van der Waals surface area contributed by atoms with E-state index in [0.29, 0.717) is 17.2 Å².